The van der Waals surface area contributed by atoms with Crippen molar-refractivity contribution in [3.63, 3.8) is 0 Å². The van der Waals surface area contributed by atoms with Crippen molar-refractivity contribution in [2.24, 2.45) is 11.7 Å². The lowest BCUT2D eigenvalue weighted by Crippen LogP contribution is -2.27. The van der Waals surface area contributed by atoms with Crippen molar-refractivity contribution in [1.82, 2.24) is 0 Å². The Bertz CT molecular complexity index is 93.6. The molecule has 0 amide bonds. The first-order valence-corrected chi connectivity index (χ1v) is 4.83. The third-order valence-corrected chi connectivity index (χ3v) is 2.45. The van der Waals surface area contributed by atoms with Crippen molar-refractivity contribution < 1.29 is 0 Å². The molecule has 2 N–H and O–H groups in total. The normalized spacial score (nSPS) is 16.1. The van der Waals surface area contributed by atoms with Gasteiger partial charge in [-0.25, -0.2) is 0 Å². The highest BCUT2D eigenvalue weighted by molar-refractivity contribution is 6.57. The van der Waals surface area contributed by atoms with E-state index in [2.05, 4.69) is 27.6 Å². The predicted molar refractivity (Wildman–Crippen MR) is 54.3 cm³/mol. The Morgan fingerprint density at radius 1 is 1.36 bits per heavy atom. The topological polar surface area (TPSA) is 26.0 Å². The molecule has 11 heavy (non-hydrogen) atoms. The predicted octanol–water partition coefficient (Wildman–Crippen LogP) is 2.50. The molecule has 0 aromatic rings. The van der Waals surface area contributed by atoms with E-state index in [1.54, 1.807) is 0 Å². The van der Waals surface area contributed by atoms with E-state index in [1.807, 2.05) is 0 Å². The fourth-order valence-corrected chi connectivity index (χ4v) is 1.46. The van der Waals surface area contributed by atoms with E-state index in [0.717, 1.165) is 6.71 Å². The molecule has 0 heterocycles. The molecule has 0 aromatic carbocycles. The first-order valence-electron chi connectivity index (χ1n) is 4.83. The number of nitrogens with two attached hydrogens (primary N) is 1. The molecule has 2 atom stereocenters. The SMILES string of the molecule is CCCB(C)C[C@H](C)[C@H](C)N. The summed E-state index contributed by atoms with van der Waals surface area (Å²) >= 11 is 0. The van der Waals surface area contributed by atoms with Crippen molar-refractivity contribution in [2.45, 2.75) is 52.7 Å². The van der Waals surface area contributed by atoms with Gasteiger partial charge in [0, 0.05) is 6.04 Å². The van der Waals surface area contributed by atoms with Crippen LogP contribution in [0.4, 0.5) is 0 Å². The van der Waals surface area contributed by atoms with Crippen LogP contribution in [0.15, 0.2) is 0 Å². The third-order valence-electron chi connectivity index (χ3n) is 2.45. The van der Waals surface area contributed by atoms with Crippen LogP contribution in [-0.2, 0) is 0 Å². The second kappa shape index (κ2) is 5.65. The quantitative estimate of drug-likeness (QED) is 0.606. The summed E-state index contributed by atoms with van der Waals surface area (Å²) in [7, 11) is 0. The van der Waals surface area contributed by atoms with E-state index in [-0.39, 0.29) is 0 Å². The summed E-state index contributed by atoms with van der Waals surface area (Å²) in [5.41, 5.74) is 5.78. The number of rotatable bonds is 5. The van der Waals surface area contributed by atoms with Crippen LogP contribution in [0.25, 0.3) is 0 Å². The zero-order chi connectivity index (χ0) is 8.85. The lowest BCUT2D eigenvalue weighted by Gasteiger charge is -2.17. The zero-order valence-corrected chi connectivity index (χ0v) is 8.43. The Morgan fingerprint density at radius 3 is 2.27 bits per heavy atom. The van der Waals surface area contributed by atoms with Gasteiger partial charge in [-0.3, -0.25) is 0 Å². The van der Waals surface area contributed by atoms with Crippen LogP contribution >= 0.6 is 0 Å². The summed E-state index contributed by atoms with van der Waals surface area (Å²) in [6.45, 7) is 9.76. The standard InChI is InChI=1S/C9H22BN/c1-5-6-10(4)7-8(2)9(3)11/h8-9H,5-7,11H2,1-4H3/t8-,9-/m0/s1. The molecule has 2 heteroatoms. The van der Waals surface area contributed by atoms with Crippen molar-refractivity contribution in [2.75, 3.05) is 0 Å². The maximum atomic E-state index is 5.78. The molecular weight excluding hydrogens is 133 g/mol. The van der Waals surface area contributed by atoms with Crippen molar-refractivity contribution in [1.29, 1.82) is 0 Å². The van der Waals surface area contributed by atoms with E-state index in [4.69, 9.17) is 5.73 Å². The van der Waals surface area contributed by atoms with Crippen LogP contribution in [0.2, 0.25) is 19.5 Å². The first kappa shape index (κ1) is 11.0. The second-order valence-corrected chi connectivity index (χ2v) is 3.97. The maximum absolute atomic E-state index is 5.78. The molecule has 0 spiro atoms. The smallest absolute Gasteiger partial charge is 0.136 e. The highest BCUT2D eigenvalue weighted by Gasteiger charge is 2.13. The molecule has 0 bridgehead atoms. The van der Waals surface area contributed by atoms with E-state index >= 15 is 0 Å². The van der Waals surface area contributed by atoms with Gasteiger partial charge in [-0.1, -0.05) is 39.7 Å². The molecule has 1 nitrogen and oxygen atoms in total. The van der Waals surface area contributed by atoms with Gasteiger partial charge >= 0.3 is 0 Å². The van der Waals surface area contributed by atoms with E-state index in [9.17, 15) is 0 Å². The van der Waals surface area contributed by atoms with Crippen molar-refractivity contribution in [3.05, 3.63) is 0 Å². The second-order valence-electron chi connectivity index (χ2n) is 3.97. The summed E-state index contributed by atoms with van der Waals surface area (Å²) in [4.78, 5) is 0. The van der Waals surface area contributed by atoms with Crippen LogP contribution in [0.1, 0.15) is 27.2 Å². The Kier molecular flexibility index (Phi) is 5.66. The summed E-state index contributed by atoms with van der Waals surface area (Å²) in [6, 6.07) is 0.356. The van der Waals surface area contributed by atoms with Crippen LogP contribution < -0.4 is 5.73 Å². The van der Waals surface area contributed by atoms with Gasteiger partial charge in [-0.15, -0.1) is 0 Å². The number of hydrogen-bond donors (Lipinski definition) is 1. The lowest BCUT2D eigenvalue weighted by atomic mass is 9.44. The molecule has 0 saturated carbocycles. The molecule has 0 aliphatic heterocycles. The molecule has 0 rings (SSSR count). The van der Waals surface area contributed by atoms with Crippen molar-refractivity contribution in [3.8, 4) is 0 Å². The maximum Gasteiger partial charge on any atom is 0.136 e. The van der Waals surface area contributed by atoms with E-state index < -0.39 is 0 Å². The minimum absolute atomic E-state index is 0.356. The molecule has 0 aromatic heterocycles. The van der Waals surface area contributed by atoms with Crippen LogP contribution in [0, 0.1) is 5.92 Å². The minimum Gasteiger partial charge on any atom is -0.328 e. The fourth-order valence-electron chi connectivity index (χ4n) is 1.46. The average molecular weight is 155 g/mol. The Morgan fingerprint density at radius 2 is 1.91 bits per heavy atom. The highest BCUT2D eigenvalue weighted by atomic mass is 14.6. The van der Waals surface area contributed by atoms with E-state index in [0.29, 0.717) is 12.0 Å². The van der Waals surface area contributed by atoms with Gasteiger partial charge in [0.25, 0.3) is 0 Å². The van der Waals surface area contributed by atoms with Gasteiger partial charge in [0.15, 0.2) is 0 Å². The lowest BCUT2D eigenvalue weighted by molar-refractivity contribution is 0.524. The summed E-state index contributed by atoms with van der Waals surface area (Å²) in [5.74, 6) is 0.677. The van der Waals surface area contributed by atoms with Gasteiger partial charge in [-0.05, 0) is 12.8 Å². The summed E-state index contributed by atoms with van der Waals surface area (Å²) in [6.07, 6.45) is 3.93. The number of hydrogen-bond acceptors (Lipinski definition) is 1. The average Bonchev–Trinajstić information content (AvgIpc) is 1.87. The van der Waals surface area contributed by atoms with Crippen molar-refractivity contribution >= 4 is 6.71 Å². The van der Waals surface area contributed by atoms with Gasteiger partial charge in [0.05, 0.1) is 0 Å². The van der Waals surface area contributed by atoms with Crippen LogP contribution in [-0.4, -0.2) is 12.8 Å². The molecule has 0 saturated heterocycles. The zero-order valence-electron chi connectivity index (χ0n) is 8.43. The Hall–Kier alpha value is 0.0249. The molecule has 0 fully saturated rings. The van der Waals surface area contributed by atoms with Crippen LogP contribution in [0.5, 0.6) is 0 Å². The van der Waals surface area contributed by atoms with Gasteiger partial charge in [0.2, 0.25) is 0 Å². The van der Waals surface area contributed by atoms with Gasteiger partial charge < -0.3 is 5.73 Å². The molecule has 0 radical (unpaired) electrons. The molecule has 0 unspecified atom stereocenters. The monoisotopic (exact) mass is 155 g/mol. The molecular formula is C9H22BN. The largest absolute Gasteiger partial charge is 0.328 e. The van der Waals surface area contributed by atoms with Gasteiger partial charge in [0.1, 0.15) is 6.71 Å². The Labute approximate surface area is 71.8 Å². The minimum atomic E-state index is 0.356. The molecule has 66 valence electrons. The van der Waals surface area contributed by atoms with E-state index in [1.165, 1.54) is 19.1 Å². The van der Waals surface area contributed by atoms with Gasteiger partial charge in [-0.2, -0.15) is 0 Å². The first-order chi connectivity index (χ1) is 5.07. The molecule has 0 aliphatic rings. The third kappa shape index (κ3) is 5.31. The Balaban J connectivity index is 3.48. The summed E-state index contributed by atoms with van der Waals surface area (Å²) < 4.78 is 0. The fraction of sp³-hybridized carbons (Fsp3) is 1.00. The summed E-state index contributed by atoms with van der Waals surface area (Å²) in [5, 5.41) is 0. The molecule has 0 aliphatic carbocycles. The van der Waals surface area contributed by atoms with Crippen LogP contribution in [0.3, 0.4) is 0 Å². The highest BCUT2D eigenvalue weighted by Crippen LogP contribution is 2.13.